The number of fused-ring (bicyclic) bond motifs is 3. The molecule has 0 atom stereocenters. The molecule has 0 aliphatic heterocycles. The molecule has 0 fully saturated rings. The summed E-state index contributed by atoms with van der Waals surface area (Å²) in [5.41, 5.74) is 11.2. The summed E-state index contributed by atoms with van der Waals surface area (Å²) in [6.45, 7) is 20.3. The molecule has 248 valence electrons. The molecule has 2 aromatic heterocycles. The van der Waals surface area contributed by atoms with Gasteiger partial charge in [-0.15, -0.1) is 0 Å². The van der Waals surface area contributed by atoms with E-state index in [1.54, 1.807) is 0 Å². The molecule has 1 aliphatic rings. The Morgan fingerprint density at radius 3 is 1.71 bits per heavy atom. The van der Waals surface area contributed by atoms with E-state index in [1.807, 2.05) is 47.4 Å². The molecule has 0 bridgehead atoms. The highest BCUT2D eigenvalue weighted by Gasteiger charge is 2.48. The Morgan fingerprint density at radius 1 is 0.571 bits per heavy atom. The van der Waals surface area contributed by atoms with Gasteiger partial charge >= 0.3 is 0 Å². The van der Waals surface area contributed by atoms with Gasteiger partial charge in [0.1, 0.15) is 11.5 Å². The van der Waals surface area contributed by atoms with Crippen LogP contribution in [0.2, 0.25) is 0 Å². The van der Waals surface area contributed by atoms with Crippen LogP contribution in [0.15, 0.2) is 122 Å². The maximum absolute atomic E-state index is 6.67. The number of hydrogen-bond donors (Lipinski definition) is 0. The SMILES string of the molecule is CC(C)(C)c1ccc2c(c1)C(c1cccc(Oc3cccc(-n4cc(C(C)(C)C)cn4)c3)c1)(c1ccccn1)c1cc(C(C)(C)C)ccc1-2. The van der Waals surface area contributed by atoms with Crippen LogP contribution in [-0.2, 0) is 21.7 Å². The predicted octanol–water partition coefficient (Wildman–Crippen LogP) is 11.3. The molecule has 0 amide bonds. The lowest BCUT2D eigenvalue weighted by Crippen LogP contribution is -2.30. The number of hydrogen-bond acceptors (Lipinski definition) is 3. The van der Waals surface area contributed by atoms with Crippen LogP contribution in [0.5, 0.6) is 11.5 Å². The molecule has 2 heterocycles. The molecular formula is C45H47N3O. The van der Waals surface area contributed by atoms with Crippen LogP contribution < -0.4 is 4.74 Å². The molecule has 49 heavy (non-hydrogen) atoms. The number of aromatic nitrogens is 3. The van der Waals surface area contributed by atoms with Gasteiger partial charge in [0.15, 0.2) is 0 Å². The summed E-state index contributed by atoms with van der Waals surface area (Å²) in [6, 6.07) is 37.1. The van der Waals surface area contributed by atoms with Gasteiger partial charge in [0.2, 0.25) is 0 Å². The van der Waals surface area contributed by atoms with Crippen molar-refractivity contribution in [2.75, 3.05) is 0 Å². The Balaban J connectivity index is 1.41. The van der Waals surface area contributed by atoms with Crippen molar-refractivity contribution in [2.45, 2.75) is 84.0 Å². The van der Waals surface area contributed by atoms with E-state index in [0.29, 0.717) is 0 Å². The molecule has 0 saturated carbocycles. The quantitative estimate of drug-likeness (QED) is 0.187. The number of benzene rings is 4. The Morgan fingerprint density at radius 2 is 1.16 bits per heavy atom. The second-order valence-corrected chi connectivity index (χ2v) is 16.5. The molecule has 4 aromatic carbocycles. The third-order valence-corrected chi connectivity index (χ3v) is 9.95. The van der Waals surface area contributed by atoms with Crippen molar-refractivity contribution >= 4 is 0 Å². The fourth-order valence-electron chi connectivity index (χ4n) is 7.05. The zero-order valence-corrected chi connectivity index (χ0v) is 30.3. The predicted molar refractivity (Wildman–Crippen MR) is 201 cm³/mol. The number of nitrogens with zero attached hydrogens (tertiary/aromatic N) is 3. The van der Waals surface area contributed by atoms with Crippen LogP contribution in [-0.4, -0.2) is 14.8 Å². The molecule has 4 heteroatoms. The minimum Gasteiger partial charge on any atom is -0.457 e. The third-order valence-electron chi connectivity index (χ3n) is 9.95. The first-order valence-electron chi connectivity index (χ1n) is 17.3. The zero-order valence-electron chi connectivity index (χ0n) is 30.3. The Labute approximate surface area is 291 Å². The smallest absolute Gasteiger partial charge is 0.129 e. The fourth-order valence-corrected chi connectivity index (χ4v) is 7.05. The Bertz CT molecular complexity index is 2090. The molecule has 1 aliphatic carbocycles. The van der Waals surface area contributed by atoms with Gasteiger partial charge in [-0.05, 0) is 97.2 Å². The van der Waals surface area contributed by atoms with Gasteiger partial charge in [-0.25, -0.2) is 4.68 Å². The van der Waals surface area contributed by atoms with Gasteiger partial charge < -0.3 is 4.74 Å². The third kappa shape index (κ3) is 5.77. The highest BCUT2D eigenvalue weighted by atomic mass is 16.5. The maximum Gasteiger partial charge on any atom is 0.129 e. The minimum atomic E-state index is -0.645. The summed E-state index contributed by atoms with van der Waals surface area (Å²) in [5, 5.41) is 4.66. The van der Waals surface area contributed by atoms with Crippen molar-refractivity contribution in [3.8, 4) is 28.3 Å². The summed E-state index contributed by atoms with van der Waals surface area (Å²) in [6.07, 6.45) is 5.96. The maximum atomic E-state index is 6.67. The Kier molecular flexibility index (Phi) is 7.70. The summed E-state index contributed by atoms with van der Waals surface area (Å²) < 4.78 is 8.59. The van der Waals surface area contributed by atoms with E-state index in [4.69, 9.17) is 9.72 Å². The topological polar surface area (TPSA) is 39.9 Å². The van der Waals surface area contributed by atoms with E-state index < -0.39 is 5.41 Å². The summed E-state index contributed by atoms with van der Waals surface area (Å²) >= 11 is 0. The van der Waals surface area contributed by atoms with E-state index >= 15 is 0 Å². The van der Waals surface area contributed by atoms with Crippen LogP contribution in [0.1, 0.15) is 101 Å². The lowest BCUT2D eigenvalue weighted by Gasteiger charge is -2.34. The van der Waals surface area contributed by atoms with Gasteiger partial charge in [0.25, 0.3) is 0 Å². The van der Waals surface area contributed by atoms with Crippen molar-refractivity contribution in [2.24, 2.45) is 0 Å². The second-order valence-electron chi connectivity index (χ2n) is 16.5. The molecule has 0 N–H and O–H groups in total. The van der Waals surface area contributed by atoms with Gasteiger partial charge in [0.05, 0.1) is 23.0 Å². The van der Waals surface area contributed by atoms with Crippen LogP contribution in [0.3, 0.4) is 0 Å². The highest BCUT2D eigenvalue weighted by molar-refractivity contribution is 5.86. The molecule has 7 rings (SSSR count). The molecule has 0 spiro atoms. The van der Waals surface area contributed by atoms with Crippen molar-refractivity contribution in [3.05, 3.63) is 161 Å². The number of ether oxygens (including phenoxy) is 1. The van der Waals surface area contributed by atoms with E-state index in [-0.39, 0.29) is 16.2 Å². The first-order valence-corrected chi connectivity index (χ1v) is 17.3. The summed E-state index contributed by atoms with van der Waals surface area (Å²) in [5.74, 6) is 1.53. The molecule has 6 aromatic rings. The fraction of sp³-hybridized carbons (Fsp3) is 0.289. The van der Waals surface area contributed by atoms with Crippen LogP contribution in [0.25, 0.3) is 16.8 Å². The molecule has 0 saturated heterocycles. The monoisotopic (exact) mass is 645 g/mol. The number of rotatable bonds is 5. The summed E-state index contributed by atoms with van der Waals surface area (Å²) in [4.78, 5) is 5.12. The molecule has 0 radical (unpaired) electrons. The molecule has 0 unspecified atom stereocenters. The van der Waals surface area contributed by atoms with Crippen LogP contribution in [0.4, 0.5) is 0 Å². The van der Waals surface area contributed by atoms with E-state index in [2.05, 4.69) is 146 Å². The van der Waals surface area contributed by atoms with Crippen molar-refractivity contribution in [3.63, 3.8) is 0 Å². The first-order chi connectivity index (χ1) is 23.2. The normalized spacial score (nSPS) is 14.0. The number of pyridine rings is 1. The van der Waals surface area contributed by atoms with Crippen molar-refractivity contribution in [1.29, 1.82) is 0 Å². The summed E-state index contributed by atoms with van der Waals surface area (Å²) in [7, 11) is 0. The van der Waals surface area contributed by atoms with Crippen LogP contribution in [0, 0.1) is 0 Å². The Hall–Kier alpha value is -4.96. The largest absolute Gasteiger partial charge is 0.457 e. The van der Waals surface area contributed by atoms with Crippen molar-refractivity contribution < 1.29 is 4.74 Å². The molecular weight excluding hydrogens is 599 g/mol. The lowest BCUT2D eigenvalue weighted by atomic mass is 9.68. The second kappa shape index (κ2) is 11.6. The van der Waals surface area contributed by atoms with Crippen LogP contribution >= 0.6 is 0 Å². The minimum absolute atomic E-state index is 0.0194. The van der Waals surface area contributed by atoms with Crippen molar-refractivity contribution in [1.82, 2.24) is 14.8 Å². The zero-order chi connectivity index (χ0) is 34.8. The molecule has 4 nitrogen and oxygen atoms in total. The van der Waals surface area contributed by atoms with Gasteiger partial charge in [-0.1, -0.05) is 123 Å². The first kappa shape index (κ1) is 32.6. The van der Waals surface area contributed by atoms with E-state index in [9.17, 15) is 0 Å². The van der Waals surface area contributed by atoms with E-state index in [1.165, 1.54) is 38.9 Å². The van der Waals surface area contributed by atoms with Gasteiger partial charge in [0, 0.05) is 18.5 Å². The average Bonchev–Trinajstić information content (AvgIpc) is 3.67. The average molecular weight is 646 g/mol. The lowest BCUT2D eigenvalue weighted by molar-refractivity contribution is 0.480. The van der Waals surface area contributed by atoms with Gasteiger partial charge in [-0.2, -0.15) is 5.10 Å². The van der Waals surface area contributed by atoms with E-state index in [0.717, 1.165) is 28.4 Å². The highest BCUT2D eigenvalue weighted by Crippen LogP contribution is 2.57. The standard InChI is InChI=1S/C45H47N3O/c1-42(2,3)30-19-21-37-38-22-20-31(43(4,5)6)26-40(38)45(39(37)25-30,41-18-10-11-23-46-41)32-14-12-16-35(24-32)49-36-17-13-15-34(27-36)48-29-33(28-47-48)44(7,8)9/h10-29H,1-9H3. The van der Waals surface area contributed by atoms with Gasteiger partial charge in [-0.3, -0.25) is 4.98 Å².